The maximum Gasteiger partial charge on any atom is 0.322 e. The van der Waals surface area contributed by atoms with E-state index >= 15 is 0 Å². The van der Waals surface area contributed by atoms with E-state index in [2.05, 4.69) is 5.32 Å². The summed E-state index contributed by atoms with van der Waals surface area (Å²) in [6.45, 7) is 0.183. The van der Waals surface area contributed by atoms with Gasteiger partial charge in [-0.15, -0.1) is 0 Å². The summed E-state index contributed by atoms with van der Waals surface area (Å²) >= 11 is 0. The van der Waals surface area contributed by atoms with Gasteiger partial charge >= 0.3 is 6.03 Å². The highest BCUT2D eigenvalue weighted by Gasteiger charge is 2.32. The summed E-state index contributed by atoms with van der Waals surface area (Å²) in [6, 6.07) is 4.94. The van der Waals surface area contributed by atoms with Crippen molar-refractivity contribution < 1.29 is 19.4 Å². The van der Waals surface area contributed by atoms with Crippen LogP contribution >= 0.6 is 0 Å². The lowest BCUT2D eigenvalue weighted by Gasteiger charge is -2.16. The first kappa shape index (κ1) is 11.8. The zero-order valence-corrected chi connectivity index (χ0v) is 9.01. The van der Waals surface area contributed by atoms with Gasteiger partial charge in [-0.2, -0.15) is 0 Å². The standard InChI is InChI=1S/C11H13FN2O3/c12-7-1-3-8(4-2-7)13-11(17)14-5-9(15)10(16)6-14/h1-4,9-10,15-16H,5-6H2,(H,13,17)/t9-,10+. The predicted octanol–water partition coefficient (Wildman–Crippen LogP) is 0.395. The third kappa shape index (κ3) is 2.72. The summed E-state index contributed by atoms with van der Waals surface area (Å²) in [5, 5.41) is 21.1. The van der Waals surface area contributed by atoms with E-state index in [1.807, 2.05) is 0 Å². The molecule has 0 aromatic heterocycles. The highest BCUT2D eigenvalue weighted by molar-refractivity contribution is 5.89. The molecule has 92 valence electrons. The van der Waals surface area contributed by atoms with Gasteiger partial charge in [0, 0.05) is 5.69 Å². The molecule has 0 radical (unpaired) electrons. The quantitative estimate of drug-likeness (QED) is 0.665. The van der Waals surface area contributed by atoms with Gasteiger partial charge in [0.05, 0.1) is 25.3 Å². The Kier molecular flexibility index (Phi) is 3.26. The van der Waals surface area contributed by atoms with Crippen molar-refractivity contribution in [1.29, 1.82) is 0 Å². The Labute approximate surface area is 97.5 Å². The molecular weight excluding hydrogens is 227 g/mol. The fraction of sp³-hybridized carbons (Fsp3) is 0.364. The van der Waals surface area contributed by atoms with E-state index in [0.29, 0.717) is 5.69 Å². The van der Waals surface area contributed by atoms with Crippen molar-refractivity contribution in [1.82, 2.24) is 4.90 Å². The molecule has 1 aromatic rings. The summed E-state index contributed by atoms with van der Waals surface area (Å²) in [5.74, 6) is -0.380. The molecule has 1 aliphatic heterocycles. The number of aliphatic hydroxyl groups excluding tert-OH is 2. The molecule has 1 aromatic carbocycles. The molecule has 3 N–H and O–H groups in total. The molecule has 5 nitrogen and oxygen atoms in total. The van der Waals surface area contributed by atoms with Gasteiger partial charge in [-0.05, 0) is 24.3 Å². The van der Waals surface area contributed by atoms with Gasteiger partial charge in [0.1, 0.15) is 5.82 Å². The van der Waals surface area contributed by atoms with Crippen molar-refractivity contribution in [3.8, 4) is 0 Å². The number of amides is 2. The topological polar surface area (TPSA) is 72.8 Å². The Bertz CT molecular complexity index is 400. The number of benzene rings is 1. The number of carbonyl (C=O) groups excluding carboxylic acids is 1. The largest absolute Gasteiger partial charge is 0.388 e. The summed E-state index contributed by atoms with van der Waals surface area (Å²) in [4.78, 5) is 13.0. The highest BCUT2D eigenvalue weighted by atomic mass is 19.1. The van der Waals surface area contributed by atoms with E-state index in [4.69, 9.17) is 0 Å². The van der Waals surface area contributed by atoms with Crippen LogP contribution in [0.25, 0.3) is 0 Å². The lowest BCUT2D eigenvalue weighted by molar-refractivity contribution is 0.0572. The predicted molar refractivity (Wildman–Crippen MR) is 59.0 cm³/mol. The summed E-state index contributed by atoms with van der Waals surface area (Å²) < 4.78 is 12.6. The van der Waals surface area contributed by atoms with Crippen LogP contribution in [0.15, 0.2) is 24.3 Å². The number of likely N-dealkylation sites (tertiary alicyclic amines) is 1. The Morgan fingerprint density at radius 1 is 1.24 bits per heavy atom. The molecule has 6 heteroatoms. The number of hydrogen-bond donors (Lipinski definition) is 3. The number of nitrogens with zero attached hydrogens (tertiary/aromatic N) is 1. The zero-order valence-electron chi connectivity index (χ0n) is 9.01. The average Bonchev–Trinajstić information content (AvgIpc) is 2.63. The Morgan fingerprint density at radius 3 is 2.29 bits per heavy atom. The highest BCUT2D eigenvalue weighted by Crippen LogP contribution is 2.13. The number of β-amino-alcohol motifs (C(OH)–C–C–N with tert-alkyl or cyclic N) is 2. The van der Waals surface area contributed by atoms with Gasteiger partial charge in [-0.1, -0.05) is 0 Å². The first-order chi connectivity index (χ1) is 8.06. The third-order valence-electron chi connectivity index (χ3n) is 2.64. The number of carbonyl (C=O) groups is 1. The summed E-state index contributed by atoms with van der Waals surface area (Å²) in [5.41, 5.74) is 0.465. The molecule has 2 amide bonds. The lowest BCUT2D eigenvalue weighted by Crippen LogP contribution is -2.33. The van der Waals surface area contributed by atoms with Gasteiger partial charge in [-0.25, -0.2) is 9.18 Å². The van der Waals surface area contributed by atoms with E-state index in [1.165, 1.54) is 29.2 Å². The Morgan fingerprint density at radius 2 is 1.76 bits per heavy atom. The molecule has 0 saturated carbocycles. The second kappa shape index (κ2) is 4.68. The van der Waals surface area contributed by atoms with Gasteiger partial charge in [-0.3, -0.25) is 0 Å². The van der Waals surface area contributed by atoms with Crippen molar-refractivity contribution in [3.05, 3.63) is 30.1 Å². The minimum Gasteiger partial charge on any atom is -0.388 e. The van der Waals surface area contributed by atoms with Crippen LogP contribution in [-0.2, 0) is 0 Å². The zero-order chi connectivity index (χ0) is 12.4. The number of hydrogen-bond acceptors (Lipinski definition) is 3. The molecule has 1 saturated heterocycles. The van der Waals surface area contributed by atoms with Gasteiger partial charge < -0.3 is 20.4 Å². The van der Waals surface area contributed by atoms with Gasteiger partial charge in [0.25, 0.3) is 0 Å². The molecule has 1 aliphatic rings. The number of anilines is 1. The van der Waals surface area contributed by atoms with E-state index in [1.54, 1.807) is 0 Å². The lowest BCUT2D eigenvalue weighted by atomic mass is 10.3. The molecule has 0 unspecified atom stereocenters. The van der Waals surface area contributed by atoms with Crippen LogP contribution in [0.5, 0.6) is 0 Å². The van der Waals surface area contributed by atoms with Crippen molar-refractivity contribution in [3.63, 3.8) is 0 Å². The summed E-state index contributed by atoms with van der Waals surface area (Å²) in [6.07, 6.45) is -1.82. The Balaban J connectivity index is 1.96. The maximum absolute atomic E-state index is 12.6. The fourth-order valence-electron chi connectivity index (χ4n) is 1.67. The molecule has 0 spiro atoms. The molecule has 0 aliphatic carbocycles. The fourth-order valence-corrected chi connectivity index (χ4v) is 1.67. The minimum absolute atomic E-state index is 0.0915. The molecule has 17 heavy (non-hydrogen) atoms. The van der Waals surface area contributed by atoms with Crippen molar-refractivity contribution in [2.75, 3.05) is 18.4 Å². The van der Waals surface area contributed by atoms with Crippen molar-refractivity contribution in [2.45, 2.75) is 12.2 Å². The van der Waals surface area contributed by atoms with Crippen LogP contribution in [0.1, 0.15) is 0 Å². The number of aliphatic hydroxyl groups is 2. The first-order valence-corrected chi connectivity index (χ1v) is 5.24. The number of rotatable bonds is 1. The number of nitrogens with one attached hydrogen (secondary N) is 1. The number of halogens is 1. The van der Waals surface area contributed by atoms with E-state index < -0.39 is 18.2 Å². The van der Waals surface area contributed by atoms with Crippen molar-refractivity contribution >= 4 is 11.7 Å². The normalized spacial score (nSPS) is 23.8. The van der Waals surface area contributed by atoms with E-state index in [9.17, 15) is 19.4 Å². The van der Waals surface area contributed by atoms with Crippen LogP contribution < -0.4 is 5.32 Å². The van der Waals surface area contributed by atoms with Gasteiger partial charge in [0.15, 0.2) is 0 Å². The monoisotopic (exact) mass is 240 g/mol. The first-order valence-electron chi connectivity index (χ1n) is 5.24. The van der Waals surface area contributed by atoms with Crippen molar-refractivity contribution in [2.24, 2.45) is 0 Å². The molecule has 1 heterocycles. The number of urea groups is 1. The maximum atomic E-state index is 12.6. The second-order valence-electron chi connectivity index (χ2n) is 3.98. The minimum atomic E-state index is -0.908. The van der Waals surface area contributed by atoms with E-state index in [-0.39, 0.29) is 18.9 Å². The molecular formula is C11H13FN2O3. The smallest absolute Gasteiger partial charge is 0.322 e. The molecule has 2 rings (SSSR count). The second-order valence-corrected chi connectivity index (χ2v) is 3.98. The molecule has 1 fully saturated rings. The van der Waals surface area contributed by atoms with Gasteiger partial charge in [0.2, 0.25) is 0 Å². The van der Waals surface area contributed by atoms with E-state index in [0.717, 1.165) is 0 Å². The molecule has 2 atom stereocenters. The third-order valence-corrected chi connectivity index (χ3v) is 2.64. The van der Waals surface area contributed by atoms with Crippen LogP contribution in [0, 0.1) is 5.82 Å². The average molecular weight is 240 g/mol. The van der Waals surface area contributed by atoms with Crippen LogP contribution in [0.3, 0.4) is 0 Å². The van der Waals surface area contributed by atoms with Crippen LogP contribution in [0.2, 0.25) is 0 Å². The Hall–Kier alpha value is -1.66. The van der Waals surface area contributed by atoms with Crippen LogP contribution in [0.4, 0.5) is 14.9 Å². The van der Waals surface area contributed by atoms with Crippen LogP contribution in [-0.4, -0.2) is 46.4 Å². The molecule has 0 bridgehead atoms. The SMILES string of the molecule is O=C(Nc1ccc(F)cc1)N1C[C@@H](O)[C@@H](O)C1. The summed E-state index contributed by atoms with van der Waals surface area (Å²) in [7, 11) is 0.